The fourth-order valence-corrected chi connectivity index (χ4v) is 7.20. The zero-order chi connectivity index (χ0) is 30.1. The van der Waals surface area contributed by atoms with E-state index in [0.29, 0.717) is 5.82 Å². The molecule has 0 fully saturated rings. The van der Waals surface area contributed by atoms with E-state index in [-0.39, 0.29) is 5.41 Å². The number of aromatic nitrogens is 2. The van der Waals surface area contributed by atoms with Crippen molar-refractivity contribution in [3.63, 3.8) is 0 Å². The van der Waals surface area contributed by atoms with Crippen molar-refractivity contribution >= 4 is 49.9 Å². The molecule has 1 aliphatic rings. The summed E-state index contributed by atoms with van der Waals surface area (Å²) < 4.78 is 6.86. The number of rotatable bonds is 3. The van der Waals surface area contributed by atoms with E-state index in [2.05, 4.69) is 128 Å². The van der Waals surface area contributed by atoms with Crippen molar-refractivity contribution < 1.29 is 4.42 Å². The molecular weight excluding hydrogens is 550 g/mol. The molecule has 0 saturated heterocycles. The Bertz CT molecular complexity index is 2350. The van der Waals surface area contributed by atoms with Crippen molar-refractivity contribution in [3.05, 3.63) is 151 Å². The zero-order valence-corrected chi connectivity index (χ0v) is 25.0. The molecule has 4 heteroatoms. The minimum atomic E-state index is -0.313. The van der Waals surface area contributed by atoms with Gasteiger partial charge in [-0.2, -0.15) is 0 Å². The molecule has 0 atom stereocenters. The van der Waals surface area contributed by atoms with E-state index in [1.54, 1.807) is 0 Å². The number of fused-ring (bicyclic) bond motifs is 9. The Morgan fingerprint density at radius 2 is 1.22 bits per heavy atom. The highest BCUT2D eigenvalue weighted by molar-refractivity contribution is 6.25. The molecule has 0 spiro atoms. The van der Waals surface area contributed by atoms with Crippen molar-refractivity contribution in [2.45, 2.75) is 19.3 Å². The van der Waals surface area contributed by atoms with Crippen LogP contribution in [0, 0.1) is 0 Å². The van der Waals surface area contributed by atoms with Gasteiger partial charge in [-0.3, -0.25) is 4.90 Å². The maximum absolute atomic E-state index is 6.86. The van der Waals surface area contributed by atoms with Crippen LogP contribution < -0.4 is 4.90 Å². The number of para-hydroxylation sites is 2. The second-order valence-corrected chi connectivity index (χ2v) is 12.2. The van der Waals surface area contributed by atoms with Gasteiger partial charge in [-0.1, -0.05) is 135 Å². The zero-order valence-electron chi connectivity index (χ0n) is 25.0. The highest BCUT2D eigenvalue weighted by atomic mass is 16.3. The molecule has 45 heavy (non-hydrogen) atoms. The van der Waals surface area contributed by atoms with E-state index in [0.717, 1.165) is 56.0 Å². The van der Waals surface area contributed by atoms with Crippen LogP contribution in [-0.2, 0) is 5.41 Å². The predicted octanol–water partition coefficient (Wildman–Crippen LogP) is 11.0. The molecular formula is C41H29N3O. The van der Waals surface area contributed by atoms with Crippen molar-refractivity contribution in [1.29, 1.82) is 0 Å². The third-order valence-electron chi connectivity index (χ3n) is 9.22. The molecule has 0 aliphatic carbocycles. The molecule has 0 radical (unpaired) electrons. The predicted molar refractivity (Wildman–Crippen MR) is 184 cm³/mol. The number of nitrogens with zero attached hydrogens (tertiary/aromatic N) is 3. The van der Waals surface area contributed by atoms with Crippen molar-refractivity contribution in [3.8, 4) is 22.6 Å². The Morgan fingerprint density at radius 1 is 0.600 bits per heavy atom. The summed E-state index contributed by atoms with van der Waals surface area (Å²) >= 11 is 0. The number of benzene rings is 6. The van der Waals surface area contributed by atoms with Gasteiger partial charge in [-0.15, -0.1) is 0 Å². The van der Waals surface area contributed by atoms with Gasteiger partial charge in [-0.05, 0) is 34.0 Å². The summed E-state index contributed by atoms with van der Waals surface area (Å²) in [6.07, 6.45) is 0. The SMILES string of the molecule is CC1(C)c2ccccc2N(c2cc(-c3ccccc3)nc(-c3ccccc3)n2)c2c1c1ccccc1c1c2oc2ccccc21. The van der Waals surface area contributed by atoms with Crippen LogP contribution in [0.15, 0.2) is 144 Å². The van der Waals surface area contributed by atoms with Gasteiger partial charge in [0.15, 0.2) is 11.4 Å². The number of furan rings is 1. The van der Waals surface area contributed by atoms with Crippen LogP contribution in [0.3, 0.4) is 0 Å². The highest BCUT2D eigenvalue weighted by Crippen LogP contribution is 2.57. The summed E-state index contributed by atoms with van der Waals surface area (Å²) in [4.78, 5) is 12.7. The topological polar surface area (TPSA) is 42.2 Å². The average Bonchev–Trinajstić information content (AvgIpc) is 3.49. The van der Waals surface area contributed by atoms with Gasteiger partial charge < -0.3 is 4.42 Å². The molecule has 1 aliphatic heterocycles. The number of hydrogen-bond acceptors (Lipinski definition) is 4. The largest absolute Gasteiger partial charge is 0.454 e. The van der Waals surface area contributed by atoms with Crippen LogP contribution in [0.4, 0.5) is 17.2 Å². The summed E-state index contributed by atoms with van der Waals surface area (Å²) in [5.74, 6) is 1.47. The van der Waals surface area contributed by atoms with Crippen molar-refractivity contribution in [2.75, 3.05) is 4.90 Å². The van der Waals surface area contributed by atoms with Crippen LogP contribution in [0.2, 0.25) is 0 Å². The monoisotopic (exact) mass is 579 g/mol. The molecule has 3 heterocycles. The Balaban J connectivity index is 1.45. The fraction of sp³-hybridized carbons (Fsp3) is 0.0732. The summed E-state index contributed by atoms with van der Waals surface area (Å²) in [6.45, 7) is 4.65. The van der Waals surface area contributed by atoms with E-state index < -0.39 is 0 Å². The lowest BCUT2D eigenvalue weighted by atomic mass is 9.71. The first kappa shape index (κ1) is 25.7. The molecule has 0 N–H and O–H groups in total. The van der Waals surface area contributed by atoms with E-state index in [1.807, 2.05) is 30.3 Å². The first-order valence-corrected chi connectivity index (χ1v) is 15.4. The van der Waals surface area contributed by atoms with Crippen LogP contribution in [0.25, 0.3) is 55.4 Å². The van der Waals surface area contributed by atoms with E-state index >= 15 is 0 Å². The standard InChI is InChI=1S/C41H29N3O/c1-41(2)31-22-12-13-23-33(31)44(35-25-32(26-15-5-3-6-16-26)42-40(43-35)27-17-7-4-8-18-27)38-37(41)29-20-10-9-19-28(29)36-30-21-11-14-24-34(30)45-39(36)38/h3-25H,1-2H3. The van der Waals surface area contributed by atoms with Gasteiger partial charge in [0, 0.05) is 33.4 Å². The van der Waals surface area contributed by atoms with Crippen molar-refractivity contribution in [1.82, 2.24) is 9.97 Å². The van der Waals surface area contributed by atoms with E-state index in [9.17, 15) is 0 Å². The molecule has 9 rings (SSSR count). The first-order valence-electron chi connectivity index (χ1n) is 15.4. The van der Waals surface area contributed by atoms with E-state index in [1.165, 1.54) is 21.9 Å². The Kier molecular flexibility index (Phi) is 5.51. The van der Waals surface area contributed by atoms with Gasteiger partial charge in [-0.25, -0.2) is 9.97 Å². The molecule has 2 aromatic heterocycles. The van der Waals surface area contributed by atoms with Crippen LogP contribution in [0.1, 0.15) is 25.0 Å². The summed E-state index contributed by atoms with van der Waals surface area (Å²) in [5, 5.41) is 4.65. The Labute approximate surface area is 261 Å². The molecule has 0 bridgehead atoms. The maximum Gasteiger partial charge on any atom is 0.162 e. The second kappa shape index (κ2) is 9.63. The quantitative estimate of drug-likeness (QED) is 0.209. The molecule has 214 valence electrons. The summed E-state index contributed by atoms with van der Waals surface area (Å²) in [6, 6.07) is 48.5. The Morgan fingerprint density at radius 3 is 2.00 bits per heavy atom. The third kappa shape index (κ3) is 3.79. The highest BCUT2D eigenvalue weighted by Gasteiger charge is 2.41. The number of anilines is 3. The molecule has 4 nitrogen and oxygen atoms in total. The summed E-state index contributed by atoms with van der Waals surface area (Å²) in [7, 11) is 0. The van der Waals surface area contributed by atoms with Crippen LogP contribution in [-0.4, -0.2) is 9.97 Å². The minimum Gasteiger partial charge on any atom is -0.454 e. The summed E-state index contributed by atoms with van der Waals surface area (Å²) in [5.41, 5.74) is 8.88. The molecule has 0 unspecified atom stereocenters. The molecule has 8 aromatic rings. The van der Waals surface area contributed by atoms with Gasteiger partial charge in [0.25, 0.3) is 0 Å². The lowest BCUT2D eigenvalue weighted by molar-refractivity contribution is 0.628. The fourth-order valence-electron chi connectivity index (χ4n) is 7.20. The minimum absolute atomic E-state index is 0.313. The van der Waals surface area contributed by atoms with Crippen molar-refractivity contribution in [2.24, 2.45) is 0 Å². The van der Waals surface area contributed by atoms with Gasteiger partial charge in [0.1, 0.15) is 11.4 Å². The van der Waals surface area contributed by atoms with Gasteiger partial charge >= 0.3 is 0 Å². The second-order valence-electron chi connectivity index (χ2n) is 12.2. The number of hydrogen-bond donors (Lipinski definition) is 0. The first-order chi connectivity index (χ1) is 22.1. The van der Waals surface area contributed by atoms with Gasteiger partial charge in [0.2, 0.25) is 0 Å². The Hall–Kier alpha value is -5.74. The van der Waals surface area contributed by atoms with Crippen LogP contribution >= 0.6 is 0 Å². The average molecular weight is 580 g/mol. The maximum atomic E-state index is 6.86. The molecule has 0 saturated carbocycles. The smallest absolute Gasteiger partial charge is 0.162 e. The normalized spacial score (nSPS) is 13.7. The lowest BCUT2D eigenvalue weighted by Gasteiger charge is -2.42. The lowest BCUT2D eigenvalue weighted by Crippen LogP contribution is -2.31. The van der Waals surface area contributed by atoms with Crippen LogP contribution in [0.5, 0.6) is 0 Å². The van der Waals surface area contributed by atoms with E-state index in [4.69, 9.17) is 14.4 Å². The van der Waals surface area contributed by atoms with Gasteiger partial charge in [0.05, 0.1) is 17.1 Å². The third-order valence-corrected chi connectivity index (χ3v) is 9.22. The molecule has 0 amide bonds. The molecule has 6 aromatic carbocycles.